The number of likely N-dealkylation sites (tertiary alicyclic amines) is 1. The number of rotatable bonds is 5. The average Bonchev–Trinajstić information content (AvgIpc) is 2.73. The molecule has 144 valence electrons. The van der Waals surface area contributed by atoms with Gasteiger partial charge in [-0.15, -0.1) is 0 Å². The Labute approximate surface area is 161 Å². The van der Waals surface area contributed by atoms with Crippen molar-refractivity contribution in [1.82, 2.24) is 10.2 Å². The Morgan fingerprint density at radius 2 is 1.85 bits per heavy atom. The lowest BCUT2D eigenvalue weighted by Gasteiger charge is -2.35. The average molecular weight is 367 g/mol. The predicted molar refractivity (Wildman–Crippen MR) is 109 cm³/mol. The topological polar surface area (TPSA) is 41.6 Å². The van der Waals surface area contributed by atoms with Crippen LogP contribution in [0.1, 0.15) is 42.5 Å². The molecule has 2 saturated heterocycles. The number of nitrogens with one attached hydrogen (secondary N) is 1. The first-order valence-corrected chi connectivity index (χ1v) is 10.4. The SMILES string of the molecule is O=C(NCC1CCN(CC2CCCCO2)CC1)c1ccc2ccccc2c1. The van der Waals surface area contributed by atoms with Gasteiger partial charge in [0.1, 0.15) is 0 Å². The van der Waals surface area contributed by atoms with Crippen molar-refractivity contribution in [2.24, 2.45) is 5.92 Å². The van der Waals surface area contributed by atoms with Crippen LogP contribution in [0.15, 0.2) is 42.5 Å². The van der Waals surface area contributed by atoms with E-state index < -0.39 is 0 Å². The van der Waals surface area contributed by atoms with Crippen LogP contribution in [-0.2, 0) is 4.74 Å². The Kier molecular flexibility index (Phi) is 6.05. The molecule has 0 saturated carbocycles. The van der Waals surface area contributed by atoms with E-state index in [-0.39, 0.29) is 5.91 Å². The fourth-order valence-corrected chi connectivity index (χ4v) is 4.28. The maximum atomic E-state index is 12.5. The smallest absolute Gasteiger partial charge is 0.251 e. The number of nitrogens with zero attached hydrogens (tertiary/aromatic N) is 1. The van der Waals surface area contributed by atoms with Crippen molar-refractivity contribution in [2.75, 3.05) is 32.8 Å². The molecule has 2 aliphatic rings. The number of hydrogen-bond donors (Lipinski definition) is 1. The van der Waals surface area contributed by atoms with E-state index in [9.17, 15) is 4.79 Å². The summed E-state index contributed by atoms with van der Waals surface area (Å²) in [4.78, 5) is 15.1. The molecule has 0 bridgehead atoms. The van der Waals surface area contributed by atoms with Gasteiger partial charge in [-0.05, 0) is 74.0 Å². The Hall–Kier alpha value is -1.91. The lowest BCUT2D eigenvalue weighted by molar-refractivity contribution is -0.0111. The normalized spacial score (nSPS) is 22.0. The fourth-order valence-electron chi connectivity index (χ4n) is 4.28. The van der Waals surface area contributed by atoms with Gasteiger partial charge in [-0.1, -0.05) is 30.3 Å². The quantitative estimate of drug-likeness (QED) is 0.874. The summed E-state index contributed by atoms with van der Waals surface area (Å²) in [6.45, 7) is 5.03. The first-order chi connectivity index (χ1) is 13.3. The molecule has 2 aliphatic heterocycles. The fraction of sp³-hybridized carbons (Fsp3) is 0.522. The van der Waals surface area contributed by atoms with Crippen LogP contribution < -0.4 is 5.32 Å². The van der Waals surface area contributed by atoms with Gasteiger partial charge >= 0.3 is 0 Å². The molecular weight excluding hydrogens is 336 g/mol. The van der Waals surface area contributed by atoms with Gasteiger partial charge in [0.15, 0.2) is 0 Å². The number of ether oxygens (including phenoxy) is 1. The maximum Gasteiger partial charge on any atom is 0.251 e. The van der Waals surface area contributed by atoms with Crippen molar-refractivity contribution in [3.05, 3.63) is 48.0 Å². The number of piperidine rings is 1. The predicted octanol–water partition coefficient (Wildman–Crippen LogP) is 3.85. The molecule has 2 fully saturated rings. The van der Waals surface area contributed by atoms with Gasteiger partial charge in [-0.2, -0.15) is 0 Å². The van der Waals surface area contributed by atoms with Crippen molar-refractivity contribution < 1.29 is 9.53 Å². The van der Waals surface area contributed by atoms with Crippen LogP contribution in [0.4, 0.5) is 0 Å². The van der Waals surface area contributed by atoms with E-state index in [1.165, 1.54) is 24.6 Å². The Morgan fingerprint density at radius 3 is 2.63 bits per heavy atom. The molecule has 0 aromatic heterocycles. The van der Waals surface area contributed by atoms with E-state index in [4.69, 9.17) is 4.74 Å². The number of amides is 1. The van der Waals surface area contributed by atoms with E-state index in [1.54, 1.807) is 0 Å². The highest BCUT2D eigenvalue weighted by atomic mass is 16.5. The highest BCUT2D eigenvalue weighted by Crippen LogP contribution is 2.20. The molecular formula is C23H30N2O2. The van der Waals surface area contributed by atoms with E-state index in [1.807, 2.05) is 30.3 Å². The first-order valence-electron chi connectivity index (χ1n) is 10.4. The molecule has 0 radical (unpaired) electrons. The number of benzene rings is 2. The Bertz CT molecular complexity index is 762. The van der Waals surface area contributed by atoms with E-state index in [0.29, 0.717) is 12.0 Å². The van der Waals surface area contributed by atoms with Crippen molar-refractivity contribution in [2.45, 2.75) is 38.2 Å². The van der Waals surface area contributed by atoms with Crippen LogP contribution in [0.2, 0.25) is 0 Å². The molecule has 1 N–H and O–H groups in total. The van der Waals surface area contributed by atoms with Gasteiger partial charge in [0, 0.05) is 25.3 Å². The molecule has 4 rings (SSSR count). The largest absolute Gasteiger partial charge is 0.377 e. The summed E-state index contributed by atoms with van der Waals surface area (Å²) in [5.74, 6) is 0.622. The van der Waals surface area contributed by atoms with E-state index >= 15 is 0 Å². The lowest BCUT2D eigenvalue weighted by atomic mass is 9.96. The van der Waals surface area contributed by atoms with Crippen molar-refractivity contribution in [3.63, 3.8) is 0 Å². The molecule has 2 aromatic carbocycles. The summed E-state index contributed by atoms with van der Waals surface area (Å²) in [6, 6.07) is 14.1. The van der Waals surface area contributed by atoms with Crippen molar-refractivity contribution in [3.8, 4) is 0 Å². The number of fused-ring (bicyclic) bond motifs is 1. The number of hydrogen-bond acceptors (Lipinski definition) is 3. The van der Waals surface area contributed by atoms with Crippen LogP contribution in [0.25, 0.3) is 10.8 Å². The Balaban J connectivity index is 1.22. The molecule has 0 aliphatic carbocycles. The summed E-state index contributed by atoms with van der Waals surface area (Å²) < 4.78 is 5.87. The zero-order valence-corrected chi connectivity index (χ0v) is 16.0. The van der Waals surface area contributed by atoms with Gasteiger partial charge < -0.3 is 15.0 Å². The van der Waals surface area contributed by atoms with E-state index in [2.05, 4.69) is 22.3 Å². The minimum Gasteiger partial charge on any atom is -0.377 e. The second-order valence-corrected chi connectivity index (χ2v) is 8.00. The third kappa shape index (κ3) is 4.88. The second kappa shape index (κ2) is 8.85. The van der Waals surface area contributed by atoms with Crippen molar-refractivity contribution in [1.29, 1.82) is 0 Å². The highest BCUT2D eigenvalue weighted by molar-refractivity contribution is 5.98. The third-order valence-electron chi connectivity index (χ3n) is 6.01. The highest BCUT2D eigenvalue weighted by Gasteiger charge is 2.23. The molecule has 1 unspecified atom stereocenters. The van der Waals surface area contributed by atoms with Crippen LogP contribution in [0.3, 0.4) is 0 Å². The standard InChI is InChI=1S/C23H30N2O2/c26-23(21-9-8-19-5-1-2-6-20(19)15-21)24-16-18-10-12-25(13-11-18)17-22-7-3-4-14-27-22/h1-2,5-6,8-9,15,18,22H,3-4,7,10-14,16-17H2,(H,24,26). The van der Waals surface area contributed by atoms with Gasteiger partial charge in [0.2, 0.25) is 0 Å². The lowest BCUT2D eigenvalue weighted by Crippen LogP contribution is -2.42. The van der Waals surface area contributed by atoms with Crippen LogP contribution >= 0.6 is 0 Å². The molecule has 4 heteroatoms. The summed E-state index contributed by atoms with van der Waals surface area (Å²) in [5.41, 5.74) is 0.751. The van der Waals surface area contributed by atoms with Crippen LogP contribution in [-0.4, -0.2) is 49.7 Å². The first kappa shape index (κ1) is 18.5. The summed E-state index contributed by atoms with van der Waals surface area (Å²) >= 11 is 0. The number of carbonyl (C=O) groups is 1. The summed E-state index contributed by atoms with van der Waals surface area (Å²) in [5, 5.41) is 5.43. The minimum absolute atomic E-state index is 0.0405. The third-order valence-corrected chi connectivity index (χ3v) is 6.01. The van der Waals surface area contributed by atoms with E-state index in [0.717, 1.165) is 56.6 Å². The van der Waals surface area contributed by atoms with Crippen molar-refractivity contribution >= 4 is 16.7 Å². The van der Waals surface area contributed by atoms with Crippen LogP contribution in [0.5, 0.6) is 0 Å². The second-order valence-electron chi connectivity index (χ2n) is 8.00. The maximum absolute atomic E-state index is 12.5. The summed E-state index contributed by atoms with van der Waals surface area (Å²) in [7, 11) is 0. The monoisotopic (exact) mass is 366 g/mol. The molecule has 2 aromatic rings. The Morgan fingerprint density at radius 1 is 1.04 bits per heavy atom. The van der Waals surface area contributed by atoms with Crippen LogP contribution in [0, 0.1) is 5.92 Å². The minimum atomic E-state index is 0.0405. The van der Waals surface area contributed by atoms with Gasteiger partial charge in [0.05, 0.1) is 6.10 Å². The van der Waals surface area contributed by atoms with Gasteiger partial charge in [-0.25, -0.2) is 0 Å². The number of carbonyl (C=O) groups excluding carboxylic acids is 1. The molecule has 1 atom stereocenters. The zero-order valence-electron chi connectivity index (χ0n) is 16.0. The molecule has 4 nitrogen and oxygen atoms in total. The molecule has 27 heavy (non-hydrogen) atoms. The summed E-state index contributed by atoms with van der Waals surface area (Å²) in [6.07, 6.45) is 6.48. The molecule has 2 heterocycles. The van der Waals surface area contributed by atoms with Gasteiger partial charge in [-0.3, -0.25) is 4.79 Å². The zero-order chi connectivity index (χ0) is 18.5. The van der Waals surface area contributed by atoms with Gasteiger partial charge in [0.25, 0.3) is 5.91 Å². The molecule has 0 spiro atoms. The molecule has 1 amide bonds.